The van der Waals surface area contributed by atoms with Crippen molar-refractivity contribution in [3.8, 4) is 0 Å². The summed E-state index contributed by atoms with van der Waals surface area (Å²) < 4.78 is 0. The Kier molecular flexibility index (Phi) is 3.57. The fraction of sp³-hybridized carbons (Fsp3) is 0.533. The number of hydrogen-bond acceptors (Lipinski definition) is 5. The first kappa shape index (κ1) is 14.3. The monoisotopic (exact) mass is 305 g/mol. The number of carbonyl (C=O) groups is 1. The number of rotatable bonds is 4. The fourth-order valence-electron chi connectivity index (χ4n) is 3.09. The first-order chi connectivity index (χ1) is 10.0. The van der Waals surface area contributed by atoms with Crippen LogP contribution in [0.2, 0.25) is 0 Å². The van der Waals surface area contributed by atoms with Crippen LogP contribution in [0.25, 0.3) is 10.2 Å². The fourth-order valence-corrected chi connectivity index (χ4v) is 4.08. The normalized spacial score (nSPS) is 17.2. The molecule has 0 saturated heterocycles. The highest BCUT2D eigenvalue weighted by Gasteiger charge is 2.41. The number of nitrogens with zero attached hydrogens (tertiary/aromatic N) is 2. The van der Waals surface area contributed by atoms with Gasteiger partial charge in [0, 0.05) is 11.4 Å². The molecule has 3 rings (SSSR count). The van der Waals surface area contributed by atoms with Gasteiger partial charge >= 0.3 is 5.97 Å². The van der Waals surface area contributed by atoms with Crippen LogP contribution in [0, 0.1) is 19.3 Å². The molecule has 0 atom stereocenters. The molecule has 0 radical (unpaired) electrons. The van der Waals surface area contributed by atoms with E-state index in [0.717, 1.165) is 41.7 Å². The van der Waals surface area contributed by atoms with Crippen LogP contribution in [0.4, 0.5) is 5.82 Å². The molecule has 1 fully saturated rings. The van der Waals surface area contributed by atoms with Crippen molar-refractivity contribution in [2.24, 2.45) is 5.41 Å². The van der Waals surface area contributed by atoms with E-state index in [2.05, 4.69) is 29.1 Å². The smallest absolute Gasteiger partial charge is 0.311 e. The van der Waals surface area contributed by atoms with Gasteiger partial charge in [-0.25, -0.2) is 9.97 Å². The van der Waals surface area contributed by atoms with E-state index >= 15 is 0 Å². The van der Waals surface area contributed by atoms with E-state index < -0.39 is 11.4 Å². The predicted molar refractivity (Wildman–Crippen MR) is 83.9 cm³/mol. The van der Waals surface area contributed by atoms with Crippen molar-refractivity contribution >= 4 is 33.3 Å². The van der Waals surface area contributed by atoms with E-state index in [0.29, 0.717) is 6.54 Å². The van der Waals surface area contributed by atoms with Gasteiger partial charge in [0.2, 0.25) is 0 Å². The maximum atomic E-state index is 11.6. The number of nitrogens with one attached hydrogen (secondary N) is 1. The van der Waals surface area contributed by atoms with Crippen molar-refractivity contribution in [2.45, 2.75) is 39.5 Å². The summed E-state index contributed by atoms with van der Waals surface area (Å²) in [6, 6.07) is 0. The number of fused-ring (bicyclic) bond motifs is 1. The molecule has 0 aromatic carbocycles. The van der Waals surface area contributed by atoms with Crippen molar-refractivity contribution in [3.63, 3.8) is 0 Å². The second kappa shape index (κ2) is 5.26. The van der Waals surface area contributed by atoms with Gasteiger partial charge in [-0.05, 0) is 32.3 Å². The van der Waals surface area contributed by atoms with Crippen LogP contribution in [-0.2, 0) is 4.79 Å². The molecule has 0 bridgehead atoms. The standard InChI is InChI=1S/C15H19N3O2S/c1-9-10(2)21-13-11(9)12(17-8-18-13)16-7-15(14(19)20)5-3-4-6-15/h8H,3-7H2,1-2H3,(H,19,20)(H,16,17,18). The average molecular weight is 305 g/mol. The van der Waals surface area contributed by atoms with Crippen LogP contribution in [0.15, 0.2) is 6.33 Å². The molecular weight excluding hydrogens is 286 g/mol. The Morgan fingerprint density at radius 3 is 2.76 bits per heavy atom. The summed E-state index contributed by atoms with van der Waals surface area (Å²) in [4.78, 5) is 22.4. The van der Waals surface area contributed by atoms with E-state index in [1.54, 1.807) is 17.7 Å². The summed E-state index contributed by atoms with van der Waals surface area (Å²) in [5.74, 6) is 0.0606. The van der Waals surface area contributed by atoms with E-state index in [9.17, 15) is 9.90 Å². The number of carboxylic acid groups (broad SMARTS) is 1. The van der Waals surface area contributed by atoms with E-state index in [1.807, 2.05) is 0 Å². The number of aromatic nitrogens is 2. The molecule has 0 amide bonds. The highest BCUT2D eigenvalue weighted by Crippen LogP contribution is 2.39. The summed E-state index contributed by atoms with van der Waals surface area (Å²) in [7, 11) is 0. The summed E-state index contributed by atoms with van der Waals surface area (Å²) in [5.41, 5.74) is 0.532. The Labute approximate surface area is 127 Å². The van der Waals surface area contributed by atoms with Crippen LogP contribution >= 0.6 is 11.3 Å². The van der Waals surface area contributed by atoms with Crippen LogP contribution < -0.4 is 5.32 Å². The third kappa shape index (κ3) is 2.37. The lowest BCUT2D eigenvalue weighted by atomic mass is 9.86. The van der Waals surface area contributed by atoms with Crippen molar-refractivity contribution in [1.82, 2.24) is 9.97 Å². The third-order valence-electron chi connectivity index (χ3n) is 4.57. The first-order valence-electron chi connectivity index (χ1n) is 7.21. The van der Waals surface area contributed by atoms with E-state index in [4.69, 9.17) is 0 Å². The first-order valence-corrected chi connectivity index (χ1v) is 8.03. The molecule has 112 valence electrons. The second-order valence-electron chi connectivity index (χ2n) is 5.83. The lowest BCUT2D eigenvalue weighted by Crippen LogP contribution is -2.35. The van der Waals surface area contributed by atoms with E-state index in [1.165, 1.54) is 10.4 Å². The van der Waals surface area contributed by atoms with Gasteiger partial charge < -0.3 is 10.4 Å². The zero-order valence-electron chi connectivity index (χ0n) is 12.3. The second-order valence-corrected chi connectivity index (χ2v) is 7.04. The van der Waals surface area contributed by atoms with Crippen molar-refractivity contribution in [1.29, 1.82) is 0 Å². The molecule has 0 unspecified atom stereocenters. The summed E-state index contributed by atoms with van der Waals surface area (Å²) >= 11 is 1.65. The molecule has 2 N–H and O–H groups in total. The molecule has 1 aliphatic carbocycles. The molecule has 21 heavy (non-hydrogen) atoms. The molecule has 1 aliphatic rings. The largest absolute Gasteiger partial charge is 0.481 e. The maximum Gasteiger partial charge on any atom is 0.311 e. The average Bonchev–Trinajstić information content (AvgIpc) is 3.04. The summed E-state index contributed by atoms with van der Waals surface area (Å²) in [6.45, 7) is 4.56. The third-order valence-corrected chi connectivity index (χ3v) is 5.69. The number of hydrogen-bond donors (Lipinski definition) is 2. The number of thiophene rings is 1. The topological polar surface area (TPSA) is 75.1 Å². The van der Waals surface area contributed by atoms with Crippen LogP contribution in [-0.4, -0.2) is 27.6 Å². The van der Waals surface area contributed by atoms with Gasteiger partial charge in [0.05, 0.1) is 10.8 Å². The Balaban J connectivity index is 1.90. The molecule has 2 heterocycles. The molecule has 0 aliphatic heterocycles. The zero-order valence-corrected chi connectivity index (χ0v) is 13.1. The highest BCUT2D eigenvalue weighted by atomic mass is 32.1. The summed E-state index contributed by atoms with van der Waals surface area (Å²) in [6.07, 6.45) is 5.01. The Hall–Kier alpha value is -1.69. The number of carboxylic acids is 1. The highest BCUT2D eigenvalue weighted by molar-refractivity contribution is 7.18. The van der Waals surface area contributed by atoms with Crippen LogP contribution in [0.5, 0.6) is 0 Å². The van der Waals surface area contributed by atoms with Crippen molar-refractivity contribution in [3.05, 3.63) is 16.8 Å². The Bertz CT molecular complexity index is 690. The molecule has 1 saturated carbocycles. The van der Waals surface area contributed by atoms with Crippen molar-refractivity contribution in [2.75, 3.05) is 11.9 Å². The lowest BCUT2D eigenvalue weighted by Gasteiger charge is -2.24. The maximum absolute atomic E-state index is 11.6. The van der Waals surface area contributed by atoms with Gasteiger partial charge in [-0.15, -0.1) is 11.3 Å². The Morgan fingerprint density at radius 2 is 2.10 bits per heavy atom. The number of anilines is 1. The van der Waals surface area contributed by atoms with Gasteiger partial charge in [0.25, 0.3) is 0 Å². The van der Waals surface area contributed by atoms with Gasteiger partial charge in [-0.1, -0.05) is 12.8 Å². The SMILES string of the molecule is Cc1sc2ncnc(NCC3(C(=O)O)CCCC3)c2c1C. The Morgan fingerprint density at radius 1 is 1.38 bits per heavy atom. The molecule has 5 nitrogen and oxygen atoms in total. The number of aryl methyl sites for hydroxylation is 2. The van der Waals surface area contributed by atoms with Gasteiger partial charge in [-0.2, -0.15) is 0 Å². The van der Waals surface area contributed by atoms with Gasteiger partial charge in [0.1, 0.15) is 17.0 Å². The van der Waals surface area contributed by atoms with Crippen LogP contribution in [0.3, 0.4) is 0 Å². The predicted octanol–water partition coefficient (Wildman–Crippen LogP) is 3.37. The quantitative estimate of drug-likeness (QED) is 0.906. The molecule has 0 spiro atoms. The minimum atomic E-state index is -0.698. The minimum Gasteiger partial charge on any atom is -0.481 e. The molecule has 6 heteroatoms. The minimum absolute atomic E-state index is 0.433. The molecule has 2 aromatic heterocycles. The van der Waals surface area contributed by atoms with Gasteiger partial charge in [0.15, 0.2) is 0 Å². The molecular formula is C15H19N3O2S. The molecule has 2 aromatic rings. The summed E-state index contributed by atoms with van der Waals surface area (Å²) in [5, 5.41) is 13.9. The lowest BCUT2D eigenvalue weighted by molar-refractivity contribution is -0.147. The zero-order chi connectivity index (χ0) is 15.0. The number of aliphatic carboxylic acids is 1. The van der Waals surface area contributed by atoms with Crippen molar-refractivity contribution < 1.29 is 9.90 Å². The van der Waals surface area contributed by atoms with Crippen LogP contribution in [0.1, 0.15) is 36.1 Å². The van der Waals surface area contributed by atoms with Gasteiger partial charge in [-0.3, -0.25) is 4.79 Å². The van der Waals surface area contributed by atoms with E-state index in [-0.39, 0.29) is 0 Å².